The lowest BCUT2D eigenvalue weighted by Crippen LogP contribution is -2.24. The lowest BCUT2D eigenvalue weighted by Gasteiger charge is -2.07. The number of amides is 1. The Balaban J connectivity index is 1.58. The van der Waals surface area contributed by atoms with E-state index in [1.54, 1.807) is 19.2 Å². The number of carbonyl (C=O) groups is 1. The molecule has 0 atom stereocenters. The number of carbonyl (C=O) groups excluding carboxylic acids is 1. The van der Waals surface area contributed by atoms with Gasteiger partial charge in [-0.15, -0.1) is 5.10 Å². The van der Waals surface area contributed by atoms with Crippen LogP contribution >= 0.6 is 11.8 Å². The van der Waals surface area contributed by atoms with Crippen molar-refractivity contribution < 1.29 is 9.18 Å². The van der Waals surface area contributed by atoms with Crippen molar-refractivity contribution in [2.45, 2.75) is 18.5 Å². The van der Waals surface area contributed by atoms with Crippen LogP contribution in [-0.2, 0) is 11.3 Å². The van der Waals surface area contributed by atoms with Crippen LogP contribution in [0.15, 0.2) is 53.7 Å². The number of nitrogens with zero attached hydrogens (tertiary/aromatic N) is 2. The van der Waals surface area contributed by atoms with Gasteiger partial charge in [0, 0.05) is 17.3 Å². The van der Waals surface area contributed by atoms with E-state index in [1.807, 2.05) is 30.3 Å². The number of hydrogen-bond acceptors (Lipinski definition) is 4. The number of nitrogens with one attached hydrogen (secondary N) is 1. The first kappa shape index (κ1) is 16.4. The molecule has 122 valence electrons. The van der Waals surface area contributed by atoms with E-state index in [4.69, 9.17) is 0 Å². The molecule has 0 saturated heterocycles. The molecule has 0 aliphatic rings. The van der Waals surface area contributed by atoms with E-state index in [0.29, 0.717) is 12.1 Å². The van der Waals surface area contributed by atoms with E-state index in [-0.39, 0.29) is 17.5 Å². The average molecular weight is 341 g/mol. The van der Waals surface area contributed by atoms with Crippen LogP contribution in [0.3, 0.4) is 0 Å². The van der Waals surface area contributed by atoms with Crippen molar-refractivity contribution in [3.8, 4) is 0 Å². The molecule has 24 heavy (non-hydrogen) atoms. The van der Waals surface area contributed by atoms with Crippen LogP contribution in [0.25, 0.3) is 10.8 Å². The molecule has 3 aromatic rings. The topological polar surface area (TPSA) is 54.9 Å². The van der Waals surface area contributed by atoms with Crippen LogP contribution < -0.4 is 5.32 Å². The summed E-state index contributed by atoms with van der Waals surface area (Å²) in [6.45, 7) is 2.01. The molecule has 0 bridgehead atoms. The van der Waals surface area contributed by atoms with Gasteiger partial charge in [0.1, 0.15) is 10.8 Å². The first-order valence-electron chi connectivity index (χ1n) is 7.48. The highest BCUT2D eigenvalue weighted by Gasteiger charge is 2.08. The van der Waals surface area contributed by atoms with E-state index >= 15 is 0 Å². The zero-order valence-electron chi connectivity index (χ0n) is 13.1. The Morgan fingerprint density at radius 3 is 2.92 bits per heavy atom. The Morgan fingerprint density at radius 1 is 1.25 bits per heavy atom. The Labute approximate surface area is 143 Å². The summed E-state index contributed by atoms with van der Waals surface area (Å²) in [4.78, 5) is 12.0. The number of fused-ring (bicyclic) bond motifs is 1. The minimum atomic E-state index is -0.262. The summed E-state index contributed by atoms with van der Waals surface area (Å²) in [7, 11) is 0. The number of benzene rings is 2. The van der Waals surface area contributed by atoms with Crippen molar-refractivity contribution in [2.75, 3.05) is 5.75 Å². The summed E-state index contributed by atoms with van der Waals surface area (Å²) in [5, 5.41) is 13.5. The van der Waals surface area contributed by atoms with Gasteiger partial charge >= 0.3 is 0 Å². The van der Waals surface area contributed by atoms with Gasteiger partial charge in [0.2, 0.25) is 5.91 Å². The second-order valence-corrected chi connectivity index (χ2v) is 6.35. The number of aromatic nitrogens is 2. The van der Waals surface area contributed by atoms with Crippen LogP contribution in [0.2, 0.25) is 0 Å². The van der Waals surface area contributed by atoms with Crippen molar-refractivity contribution in [3.05, 3.63) is 65.6 Å². The molecular weight excluding hydrogens is 325 g/mol. The third-order valence-electron chi connectivity index (χ3n) is 3.60. The summed E-state index contributed by atoms with van der Waals surface area (Å²) >= 11 is 1.34. The van der Waals surface area contributed by atoms with Crippen LogP contribution in [0.5, 0.6) is 0 Å². The molecule has 0 unspecified atom stereocenters. The molecule has 0 aliphatic heterocycles. The second kappa shape index (κ2) is 7.40. The largest absolute Gasteiger partial charge is 0.351 e. The first-order valence-corrected chi connectivity index (χ1v) is 8.47. The third kappa shape index (κ3) is 3.89. The minimum Gasteiger partial charge on any atom is -0.351 e. The van der Waals surface area contributed by atoms with Crippen LogP contribution in [0, 0.1) is 12.7 Å². The molecule has 1 aromatic heterocycles. The summed E-state index contributed by atoms with van der Waals surface area (Å²) in [5.74, 6) is -0.158. The van der Waals surface area contributed by atoms with Gasteiger partial charge in [-0.25, -0.2) is 4.39 Å². The number of aryl methyl sites for hydroxylation is 1. The second-order valence-electron chi connectivity index (χ2n) is 5.39. The van der Waals surface area contributed by atoms with Crippen molar-refractivity contribution in [2.24, 2.45) is 0 Å². The molecule has 6 heteroatoms. The molecule has 0 aliphatic carbocycles. The monoisotopic (exact) mass is 341 g/mol. The van der Waals surface area contributed by atoms with Crippen molar-refractivity contribution in [1.82, 2.24) is 15.5 Å². The maximum absolute atomic E-state index is 13.5. The van der Waals surface area contributed by atoms with Gasteiger partial charge in [0.05, 0.1) is 11.9 Å². The predicted octanol–water partition coefficient (Wildman–Crippen LogP) is 3.49. The van der Waals surface area contributed by atoms with E-state index in [9.17, 15) is 9.18 Å². The van der Waals surface area contributed by atoms with Crippen LogP contribution in [-0.4, -0.2) is 21.9 Å². The smallest absolute Gasteiger partial charge is 0.230 e. The Morgan fingerprint density at radius 2 is 2.08 bits per heavy atom. The molecule has 0 fully saturated rings. The number of halogens is 1. The summed E-state index contributed by atoms with van der Waals surface area (Å²) in [6, 6.07) is 12.7. The molecule has 0 saturated carbocycles. The van der Waals surface area contributed by atoms with Gasteiger partial charge < -0.3 is 5.32 Å². The van der Waals surface area contributed by atoms with Crippen molar-refractivity contribution in [1.29, 1.82) is 0 Å². The Bertz CT molecular complexity index is 880. The highest BCUT2D eigenvalue weighted by atomic mass is 32.2. The Kier molecular flexibility index (Phi) is 5.05. The van der Waals surface area contributed by atoms with Gasteiger partial charge in [0.15, 0.2) is 0 Å². The van der Waals surface area contributed by atoms with E-state index in [1.165, 1.54) is 17.8 Å². The van der Waals surface area contributed by atoms with Gasteiger partial charge in [-0.05, 0) is 24.1 Å². The summed E-state index contributed by atoms with van der Waals surface area (Å²) in [5.41, 5.74) is 1.33. The lowest BCUT2D eigenvalue weighted by atomic mass is 10.1. The highest BCUT2D eigenvalue weighted by molar-refractivity contribution is 8.00. The quantitative estimate of drug-likeness (QED) is 0.722. The minimum absolute atomic E-state index is 0.129. The van der Waals surface area contributed by atoms with Gasteiger partial charge in [-0.3, -0.25) is 4.79 Å². The molecule has 0 radical (unpaired) electrons. The van der Waals surface area contributed by atoms with E-state index in [0.717, 1.165) is 21.4 Å². The molecule has 1 amide bonds. The third-order valence-corrected chi connectivity index (χ3v) is 4.58. The summed E-state index contributed by atoms with van der Waals surface area (Å²) in [6.07, 6.45) is 1.70. The maximum atomic E-state index is 13.5. The lowest BCUT2D eigenvalue weighted by molar-refractivity contribution is -0.118. The summed E-state index contributed by atoms with van der Waals surface area (Å²) < 4.78 is 13.5. The molecule has 3 rings (SSSR count). The van der Waals surface area contributed by atoms with Crippen LogP contribution in [0.1, 0.15) is 11.1 Å². The first-order chi connectivity index (χ1) is 11.6. The SMILES string of the molecule is Cc1ccc(CNC(=O)CSc2nncc3ccccc23)cc1F. The van der Waals surface area contributed by atoms with E-state index in [2.05, 4.69) is 15.5 Å². The fraction of sp³-hybridized carbons (Fsp3) is 0.167. The standard InChI is InChI=1S/C18H16FN3OS/c1-12-6-7-13(8-16(12)19)9-20-17(23)11-24-18-15-5-3-2-4-14(15)10-21-22-18/h2-8,10H,9,11H2,1H3,(H,20,23). The maximum Gasteiger partial charge on any atom is 0.230 e. The fourth-order valence-electron chi connectivity index (χ4n) is 2.24. The zero-order valence-corrected chi connectivity index (χ0v) is 13.9. The predicted molar refractivity (Wildman–Crippen MR) is 93.2 cm³/mol. The molecular formula is C18H16FN3OS. The molecule has 2 aromatic carbocycles. The normalized spacial score (nSPS) is 10.8. The average Bonchev–Trinajstić information content (AvgIpc) is 2.61. The van der Waals surface area contributed by atoms with Crippen molar-refractivity contribution >= 4 is 28.4 Å². The van der Waals surface area contributed by atoms with E-state index < -0.39 is 0 Å². The molecule has 4 nitrogen and oxygen atoms in total. The van der Waals surface area contributed by atoms with Crippen LogP contribution in [0.4, 0.5) is 4.39 Å². The Hall–Kier alpha value is -2.47. The number of rotatable bonds is 5. The molecule has 0 spiro atoms. The highest BCUT2D eigenvalue weighted by Crippen LogP contribution is 2.24. The number of hydrogen-bond donors (Lipinski definition) is 1. The van der Waals surface area contributed by atoms with Gasteiger partial charge in [0.25, 0.3) is 0 Å². The van der Waals surface area contributed by atoms with Crippen molar-refractivity contribution in [3.63, 3.8) is 0 Å². The fourth-order valence-corrected chi connectivity index (χ4v) is 3.06. The van der Waals surface area contributed by atoms with Gasteiger partial charge in [-0.1, -0.05) is 48.2 Å². The molecule has 1 N–H and O–H groups in total. The number of thioether (sulfide) groups is 1. The zero-order chi connectivity index (χ0) is 16.9. The molecule has 1 heterocycles. The van der Waals surface area contributed by atoms with Gasteiger partial charge in [-0.2, -0.15) is 5.10 Å².